The molecule has 0 radical (unpaired) electrons. The Labute approximate surface area is 251 Å². The highest BCUT2D eigenvalue weighted by Crippen LogP contribution is 2.24. The van der Waals surface area contributed by atoms with Gasteiger partial charge in [0.15, 0.2) is 5.82 Å². The molecule has 1 amide bonds. The van der Waals surface area contributed by atoms with Gasteiger partial charge in [-0.25, -0.2) is 9.97 Å². The highest BCUT2D eigenvalue weighted by Gasteiger charge is 2.15. The van der Waals surface area contributed by atoms with Gasteiger partial charge in [0.05, 0.1) is 6.61 Å². The molecule has 0 bridgehead atoms. The number of carbonyl (C=O) groups excluding carboxylic acids is 1. The van der Waals surface area contributed by atoms with Crippen molar-refractivity contribution < 1.29 is 9.53 Å². The summed E-state index contributed by atoms with van der Waals surface area (Å²) in [6.07, 6.45) is 10.6. The number of nitrogens with zero attached hydrogens (tertiary/aromatic N) is 2. The summed E-state index contributed by atoms with van der Waals surface area (Å²) in [5.74, 6) is 1.54. The lowest BCUT2D eigenvalue weighted by molar-refractivity contribution is 0.0940. The topological polar surface area (TPSA) is 64.1 Å². The van der Waals surface area contributed by atoms with Crippen LogP contribution < -0.4 is 10.1 Å². The van der Waals surface area contributed by atoms with Gasteiger partial charge in [0, 0.05) is 35.1 Å². The van der Waals surface area contributed by atoms with E-state index in [1.807, 2.05) is 67.8 Å². The fourth-order valence-electron chi connectivity index (χ4n) is 4.89. The lowest BCUT2D eigenvalue weighted by atomic mass is 9.86. The Balaban J connectivity index is 1.27. The van der Waals surface area contributed by atoms with E-state index in [0.29, 0.717) is 11.4 Å². The van der Waals surface area contributed by atoms with E-state index in [9.17, 15) is 4.79 Å². The van der Waals surface area contributed by atoms with Gasteiger partial charge in [-0.3, -0.25) is 4.79 Å². The molecule has 0 aliphatic heterocycles. The largest absolute Gasteiger partial charge is 0.494 e. The van der Waals surface area contributed by atoms with Crippen molar-refractivity contribution >= 4 is 5.91 Å². The minimum absolute atomic E-state index is 0.00348. The smallest absolute Gasteiger partial charge is 0.251 e. The number of aromatic nitrogens is 2. The first-order chi connectivity index (χ1) is 20.2. The molecule has 5 heteroatoms. The molecule has 220 valence electrons. The third-order valence-electron chi connectivity index (χ3n) is 7.50. The lowest BCUT2D eigenvalue weighted by Crippen LogP contribution is -2.34. The summed E-state index contributed by atoms with van der Waals surface area (Å²) in [5, 5.41) is 3.12. The summed E-state index contributed by atoms with van der Waals surface area (Å²) in [7, 11) is 0. The fourth-order valence-corrected chi connectivity index (χ4v) is 4.89. The van der Waals surface area contributed by atoms with Gasteiger partial charge in [-0.15, -0.1) is 0 Å². The number of nitrogens with one attached hydrogen (secondary N) is 1. The Morgan fingerprint density at radius 3 is 2.02 bits per heavy atom. The molecule has 0 saturated heterocycles. The molecular formula is C37H45N3O2. The van der Waals surface area contributed by atoms with Crippen LogP contribution in [0.1, 0.15) is 88.2 Å². The number of amides is 1. The molecule has 1 heterocycles. The highest BCUT2D eigenvalue weighted by atomic mass is 16.5. The van der Waals surface area contributed by atoms with Crippen LogP contribution in [0.25, 0.3) is 22.5 Å². The van der Waals surface area contributed by atoms with Crippen molar-refractivity contribution in [1.29, 1.82) is 0 Å². The van der Waals surface area contributed by atoms with E-state index >= 15 is 0 Å². The molecule has 0 aliphatic rings. The lowest BCUT2D eigenvalue weighted by Gasteiger charge is -2.19. The maximum Gasteiger partial charge on any atom is 0.251 e. The summed E-state index contributed by atoms with van der Waals surface area (Å²) in [5.41, 5.74) is 6.11. The molecule has 1 atom stereocenters. The molecule has 4 rings (SSSR count). The van der Waals surface area contributed by atoms with E-state index in [-0.39, 0.29) is 17.4 Å². The Hall–Kier alpha value is -3.99. The van der Waals surface area contributed by atoms with Gasteiger partial charge in [0.2, 0.25) is 0 Å². The number of hydrogen-bond acceptors (Lipinski definition) is 4. The molecule has 0 aliphatic carbocycles. The summed E-state index contributed by atoms with van der Waals surface area (Å²) in [6.45, 7) is 11.5. The minimum Gasteiger partial charge on any atom is -0.494 e. The zero-order chi connectivity index (χ0) is 30.0. The summed E-state index contributed by atoms with van der Waals surface area (Å²) >= 11 is 0. The molecule has 4 aromatic rings. The molecule has 3 aromatic carbocycles. The van der Waals surface area contributed by atoms with E-state index < -0.39 is 0 Å². The van der Waals surface area contributed by atoms with E-state index in [2.05, 4.69) is 67.2 Å². The van der Waals surface area contributed by atoms with Crippen LogP contribution in [0.3, 0.4) is 0 Å². The summed E-state index contributed by atoms with van der Waals surface area (Å²) in [6, 6.07) is 24.3. The van der Waals surface area contributed by atoms with Gasteiger partial charge >= 0.3 is 0 Å². The van der Waals surface area contributed by atoms with Crippen LogP contribution in [-0.4, -0.2) is 28.5 Å². The van der Waals surface area contributed by atoms with Crippen LogP contribution >= 0.6 is 0 Å². The highest BCUT2D eigenvalue weighted by molar-refractivity contribution is 5.94. The van der Waals surface area contributed by atoms with E-state index in [0.717, 1.165) is 47.5 Å². The van der Waals surface area contributed by atoms with E-state index in [1.165, 1.54) is 31.2 Å². The molecular weight excluding hydrogens is 518 g/mol. The van der Waals surface area contributed by atoms with Crippen LogP contribution in [0.4, 0.5) is 0 Å². The number of hydrogen-bond donors (Lipinski definition) is 1. The number of rotatable bonds is 13. The molecule has 42 heavy (non-hydrogen) atoms. The second-order valence-corrected chi connectivity index (χ2v) is 12.2. The predicted octanol–water partition coefficient (Wildman–Crippen LogP) is 8.82. The van der Waals surface area contributed by atoms with Crippen molar-refractivity contribution in [1.82, 2.24) is 15.3 Å². The maximum atomic E-state index is 12.7. The Bertz CT molecular complexity index is 1390. The van der Waals surface area contributed by atoms with E-state index in [1.54, 1.807) is 0 Å². The first-order valence-electron chi connectivity index (χ1n) is 15.3. The van der Waals surface area contributed by atoms with E-state index in [4.69, 9.17) is 4.74 Å². The van der Waals surface area contributed by atoms with Crippen LogP contribution in [0.2, 0.25) is 0 Å². The Morgan fingerprint density at radius 2 is 1.40 bits per heavy atom. The monoisotopic (exact) mass is 563 g/mol. The van der Waals surface area contributed by atoms with Gasteiger partial charge in [-0.05, 0) is 66.1 Å². The zero-order valence-corrected chi connectivity index (χ0v) is 25.8. The van der Waals surface area contributed by atoms with Crippen LogP contribution in [-0.2, 0) is 11.8 Å². The molecule has 1 aromatic heterocycles. The SMILES string of the molecule is CCCCCCCOc1ccc(-c2cnc(-c3ccc(C[C@@H](C)NC(=O)c4ccc(C(C)(C)C)cc4)cc3)nc2)cc1. The van der Waals surface area contributed by atoms with Crippen molar-refractivity contribution in [2.45, 2.75) is 84.6 Å². The van der Waals surface area contributed by atoms with Gasteiger partial charge in [-0.2, -0.15) is 0 Å². The predicted molar refractivity (Wildman–Crippen MR) is 173 cm³/mol. The number of ether oxygens (including phenoxy) is 1. The summed E-state index contributed by atoms with van der Waals surface area (Å²) < 4.78 is 5.89. The fraction of sp³-hybridized carbons (Fsp3) is 0.378. The third kappa shape index (κ3) is 9.01. The maximum absolute atomic E-state index is 12.7. The van der Waals surface area contributed by atoms with Crippen LogP contribution in [0.15, 0.2) is 85.2 Å². The standard InChI is InChI=1S/C37H45N3O2/c1-6-7-8-9-10-23-42-34-21-17-29(18-22-34)32-25-38-35(39-26-32)30-13-11-28(12-14-30)24-27(2)40-36(41)31-15-19-33(20-16-31)37(3,4)5/h11-22,25-27H,6-10,23-24H2,1-5H3,(H,40,41)/t27-/m1/s1. The van der Waals surface area contributed by atoms with Crippen molar-refractivity contribution in [3.63, 3.8) is 0 Å². The molecule has 5 nitrogen and oxygen atoms in total. The molecule has 0 unspecified atom stereocenters. The molecule has 0 saturated carbocycles. The van der Waals surface area contributed by atoms with Crippen LogP contribution in [0, 0.1) is 0 Å². The van der Waals surface area contributed by atoms with Crippen molar-refractivity contribution in [3.8, 4) is 28.3 Å². The van der Waals surface area contributed by atoms with Gasteiger partial charge in [0.25, 0.3) is 5.91 Å². The van der Waals surface area contributed by atoms with Crippen LogP contribution in [0.5, 0.6) is 5.75 Å². The van der Waals surface area contributed by atoms with Gasteiger partial charge < -0.3 is 10.1 Å². The van der Waals surface area contributed by atoms with Gasteiger partial charge in [0.1, 0.15) is 5.75 Å². The zero-order valence-electron chi connectivity index (χ0n) is 25.8. The van der Waals surface area contributed by atoms with Crippen molar-refractivity contribution in [2.75, 3.05) is 6.61 Å². The second kappa shape index (κ2) is 14.8. The Morgan fingerprint density at radius 1 is 0.786 bits per heavy atom. The van der Waals surface area contributed by atoms with Crippen molar-refractivity contribution in [3.05, 3.63) is 102 Å². The Kier molecular flexibility index (Phi) is 10.9. The number of unbranched alkanes of at least 4 members (excludes halogenated alkanes) is 4. The molecule has 0 fully saturated rings. The minimum atomic E-state index is -0.0481. The number of benzene rings is 3. The molecule has 1 N–H and O–H groups in total. The van der Waals surface area contributed by atoms with Crippen molar-refractivity contribution in [2.24, 2.45) is 0 Å². The quantitative estimate of drug-likeness (QED) is 0.165. The second-order valence-electron chi connectivity index (χ2n) is 12.2. The average molecular weight is 564 g/mol. The molecule has 0 spiro atoms. The summed E-state index contributed by atoms with van der Waals surface area (Å²) in [4.78, 5) is 22.0. The first-order valence-corrected chi connectivity index (χ1v) is 15.3. The van der Waals surface area contributed by atoms with Gasteiger partial charge in [-0.1, -0.05) is 102 Å². The first kappa shape index (κ1) is 31.0. The normalized spacial score (nSPS) is 12.1. The number of carbonyl (C=O) groups is 1. The average Bonchev–Trinajstić information content (AvgIpc) is 2.99. The third-order valence-corrected chi connectivity index (χ3v) is 7.50.